The fourth-order valence-corrected chi connectivity index (χ4v) is 7.47. The number of rotatable bonds is 5. The molecule has 5 fully saturated rings. The first-order valence-electron chi connectivity index (χ1n) is 12.3. The molecule has 1 N–H and O–H groups in total. The van der Waals surface area contributed by atoms with Crippen LogP contribution in [-0.2, 0) is 16.1 Å². The van der Waals surface area contributed by atoms with Crippen LogP contribution in [0.25, 0.3) is 0 Å². The number of amides is 2. The molecular formula is C26H32N4O2. The van der Waals surface area contributed by atoms with Crippen LogP contribution in [0.4, 0.5) is 5.69 Å². The Bertz CT molecular complexity index is 979. The third kappa shape index (κ3) is 3.54. The Balaban J connectivity index is 1.13. The minimum absolute atomic E-state index is 0.0696. The van der Waals surface area contributed by atoms with Gasteiger partial charge < -0.3 is 10.2 Å². The van der Waals surface area contributed by atoms with Crippen molar-refractivity contribution in [3.8, 4) is 0 Å². The van der Waals surface area contributed by atoms with E-state index in [1.165, 1.54) is 19.3 Å². The zero-order valence-electron chi connectivity index (χ0n) is 18.6. The van der Waals surface area contributed by atoms with Crippen molar-refractivity contribution in [3.63, 3.8) is 0 Å². The summed E-state index contributed by atoms with van der Waals surface area (Å²) in [6.45, 7) is 1.38. The number of nitrogens with one attached hydrogen (secondary N) is 1. The summed E-state index contributed by atoms with van der Waals surface area (Å²) in [5, 5.41) is 7.43. The molecule has 0 spiro atoms. The Morgan fingerprint density at radius 3 is 2.41 bits per heavy atom. The highest BCUT2D eigenvalue weighted by atomic mass is 16.2. The van der Waals surface area contributed by atoms with Gasteiger partial charge in [0.05, 0.1) is 23.8 Å². The van der Waals surface area contributed by atoms with Crippen molar-refractivity contribution in [2.45, 2.75) is 64.0 Å². The quantitative estimate of drug-likeness (QED) is 0.774. The highest BCUT2D eigenvalue weighted by molar-refractivity contribution is 5.98. The number of hydrogen-bond donors (Lipinski definition) is 1. The molecular weight excluding hydrogens is 400 g/mol. The van der Waals surface area contributed by atoms with E-state index < -0.39 is 0 Å². The Hall–Kier alpha value is -2.63. The number of nitrogens with zero attached hydrogens (tertiary/aromatic N) is 3. The number of aromatic nitrogens is 2. The van der Waals surface area contributed by atoms with Gasteiger partial charge in [-0.1, -0.05) is 30.3 Å². The summed E-state index contributed by atoms with van der Waals surface area (Å²) in [6.07, 6.45) is 12.3. The number of likely N-dealkylation sites (tertiary alicyclic amines) is 1. The molecule has 6 heteroatoms. The molecule has 2 amide bonds. The summed E-state index contributed by atoms with van der Waals surface area (Å²) in [6, 6.07) is 9.79. The molecule has 2 heterocycles. The lowest BCUT2D eigenvalue weighted by Gasteiger charge is -2.56. The van der Waals surface area contributed by atoms with Crippen LogP contribution in [-0.4, -0.2) is 39.1 Å². The smallest absolute Gasteiger partial charge is 0.247 e. The second-order valence-electron chi connectivity index (χ2n) is 10.8. The minimum atomic E-state index is -0.354. The van der Waals surface area contributed by atoms with Gasteiger partial charge >= 0.3 is 0 Å². The van der Waals surface area contributed by atoms with Gasteiger partial charge in [-0.15, -0.1) is 0 Å². The van der Waals surface area contributed by atoms with Crippen molar-refractivity contribution in [2.75, 3.05) is 11.9 Å². The van der Waals surface area contributed by atoms with Crippen LogP contribution < -0.4 is 5.32 Å². The summed E-state index contributed by atoms with van der Waals surface area (Å²) < 4.78 is 1.83. The SMILES string of the molecule is O=C(Nc1cnn(Cc2ccccc2)c1)C1CCCN1C(=O)C12CC3CC(CC(C3)C1)C2. The number of anilines is 1. The summed E-state index contributed by atoms with van der Waals surface area (Å²) in [5.41, 5.74) is 1.68. The molecule has 1 aromatic carbocycles. The molecule has 7 rings (SSSR count). The molecule has 1 aliphatic heterocycles. The molecule has 0 radical (unpaired) electrons. The van der Waals surface area contributed by atoms with Gasteiger partial charge in [0, 0.05) is 12.7 Å². The zero-order valence-corrected chi connectivity index (χ0v) is 18.6. The van der Waals surface area contributed by atoms with Crippen molar-refractivity contribution >= 4 is 17.5 Å². The van der Waals surface area contributed by atoms with Crippen LogP contribution >= 0.6 is 0 Å². The van der Waals surface area contributed by atoms with E-state index >= 15 is 0 Å². The molecule has 6 nitrogen and oxygen atoms in total. The van der Waals surface area contributed by atoms with Gasteiger partial charge in [0.2, 0.25) is 11.8 Å². The van der Waals surface area contributed by atoms with E-state index in [0.717, 1.165) is 55.4 Å². The highest BCUT2D eigenvalue weighted by Gasteiger charge is 2.56. The van der Waals surface area contributed by atoms with Crippen LogP contribution in [0.15, 0.2) is 42.7 Å². The second-order valence-corrected chi connectivity index (χ2v) is 10.8. The van der Waals surface area contributed by atoms with Crippen LogP contribution in [0, 0.1) is 23.2 Å². The fraction of sp³-hybridized carbons (Fsp3) is 0.577. The molecule has 1 aromatic heterocycles. The lowest BCUT2D eigenvalue weighted by molar-refractivity contribution is -0.160. The Labute approximate surface area is 189 Å². The molecule has 4 saturated carbocycles. The molecule has 168 valence electrons. The lowest BCUT2D eigenvalue weighted by atomic mass is 9.49. The third-order valence-electron chi connectivity index (χ3n) is 8.40. The number of benzene rings is 1. The Morgan fingerprint density at radius 1 is 1.03 bits per heavy atom. The first-order valence-corrected chi connectivity index (χ1v) is 12.3. The van der Waals surface area contributed by atoms with Gasteiger partial charge in [-0.05, 0) is 74.7 Å². The van der Waals surface area contributed by atoms with Crippen molar-refractivity contribution < 1.29 is 9.59 Å². The lowest BCUT2D eigenvalue weighted by Crippen LogP contribution is -2.56. The average molecular weight is 433 g/mol. The maximum atomic E-state index is 13.8. The normalized spacial score (nSPS) is 32.9. The van der Waals surface area contributed by atoms with Crippen molar-refractivity contribution in [1.29, 1.82) is 0 Å². The maximum Gasteiger partial charge on any atom is 0.247 e. The number of carbonyl (C=O) groups excluding carboxylic acids is 2. The van der Waals surface area contributed by atoms with E-state index in [1.54, 1.807) is 6.20 Å². The molecule has 32 heavy (non-hydrogen) atoms. The van der Waals surface area contributed by atoms with Crippen LogP contribution in [0.2, 0.25) is 0 Å². The van der Waals surface area contributed by atoms with E-state index in [4.69, 9.17) is 0 Å². The first-order chi connectivity index (χ1) is 15.6. The largest absolute Gasteiger partial charge is 0.330 e. The molecule has 1 atom stereocenters. The maximum absolute atomic E-state index is 13.8. The molecule has 4 bridgehead atoms. The van der Waals surface area contributed by atoms with E-state index in [-0.39, 0.29) is 23.3 Å². The van der Waals surface area contributed by atoms with E-state index in [1.807, 2.05) is 34.0 Å². The monoisotopic (exact) mass is 432 g/mol. The van der Waals surface area contributed by atoms with Gasteiger partial charge in [0.1, 0.15) is 6.04 Å². The van der Waals surface area contributed by atoms with Crippen LogP contribution in [0.1, 0.15) is 56.9 Å². The van der Waals surface area contributed by atoms with Crippen molar-refractivity contribution in [2.24, 2.45) is 23.2 Å². The van der Waals surface area contributed by atoms with Crippen molar-refractivity contribution in [3.05, 3.63) is 48.3 Å². The van der Waals surface area contributed by atoms with Crippen LogP contribution in [0.3, 0.4) is 0 Å². The third-order valence-corrected chi connectivity index (χ3v) is 8.40. The van der Waals surface area contributed by atoms with E-state index in [0.29, 0.717) is 18.8 Å². The predicted molar refractivity (Wildman–Crippen MR) is 122 cm³/mol. The summed E-state index contributed by atoms with van der Waals surface area (Å²) in [4.78, 5) is 28.9. The molecule has 1 saturated heterocycles. The van der Waals surface area contributed by atoms with Gasteiger partial charge in [-0.3, -0.25) is 14.3 Å². The zero-order chi connectivity index (χ0) is 21.7. The van der Waals surface area contributed by atoms with Gasteiger partial charge in [0.15, 0.2) is 0 Å². The average Bonchev–Trinajstić information content (AvgIpc) is 3.43. The van der Waals surface area contributed by atoms with Gasteiger partial charge in [-0.2, -0.15) is 5.10 Å². The summed E-state index contributed by atoms with van der Waals surface area (Å²) in [7, 11) is 0. The van der Waals surface area contributed by atoms with E-state index in [9.17, 15) is 9.59 Å². The fourth-order valence-electron chi connectivity index (χ4n) is 7.47. The van der Waals surface area contributed by atoms with E-state index in [2.05, 4.69) is 22.5 Å². The first kappa shape index (κ1) is 20.0. The van der Waals surface area contributed by atoms with Gasteiger partial charge in [-0.25, -0.2) is 0 Å². The van der Waals surface area contributed by atoms with Crippen molar-refractivity contribution in [1.82, 2.24) is 14.7 Å². The minimum Gasteiger partial charge on any atom is -0.330 e. The molecule has 1 unspecified atom stereocenters. The second kappa shape index (κ2) is 7.75. The standard InChI is InChI=1S/C26H32N4O2/c31-24(28-22-15-27-29(17-22)16-18-5-2-1-3-6-18)23-7-4-8-30(23)25(32)26-12-19-9-20(13-26)11-21(10-19)14-26/h1-3,5-6,15,17,19-21,23H,4,7-14,16H2,(H,28,31). The number of hydrogen-bond acceptors (Lipinski definition) is 3. The van der Waals surface area contributed by atoms with Gasteiger partial charge in [0.25, 0.3) is 0 Å². The summed E-state index contributed by atoms with van der Waals surface area (Å²) in [5.74, 6) is 2.40. The summed E-state index contributed by atoms with van der Waals surface area (Å²) >= 11 is 0. The predicted octanol–water partition coefficient (Wildman–Crippen LogP) is 4.08. The molecule has 2 aromatic rings. The molecule has 5 aliphatic rings. The Morgan fingerprint density at radius 2 is 1.72 bits per heavy atom. The topological polar surface area (TPSA) is 67.2 Å². The highest BCUT2D eigenvalue weighted by Crippen LogP contribution is 2.60. The molecule has 4 aliphatic carbocycles. The Kier molecular flexibility index (Phi) is 4.85. The number of carbonyl (C=O) groups is 2. The van der Waals surface area contributed by atoms with Crippen LogP contribution in [0.5, 0.6) is 0 Å².